The number of fused-ring (bicyclic) bond motifs is 1. The first kappa shape index (κ1) is 12.7. The van der Waals surface area contributed by atoms with E-state index >= 15 is 0 Å². The Morgan fingerprint density at radius 2 is 2.11 bits per heavy atom. The fraction of sp³-hybridized carbons (Fsp3) is 0.0714. The van der Waals surface area contributed by atoms with Gasteiger partial charge in [0.15, 0.2) is 0 Å². The fourth-order valence-corrected chi connectivity index (χ4v) is 3.46. The minimum atomic E-state index is -0.0741. The van der Waals surface area contributed by atoms with Crippen LogP contribution in [0.5, 0.6) is 0 Å². The maximum atomic E-state index is 12.1. The van der Waals surface area contributed by atoms with E-state index in [1.54, 1.807) is 0 Å². The van der Waals surface area contributed by atoms with Gasteiger partial charge in [0.1, 0.15) is 0 Å². The summed E-state index contributed by atoms with van der Waals surface area (Å²) in [6, 6.07) is 7.81. The molecule has 0 saturated heterocycles. The average Bonchev–Trinajstić information content (AvgIpc) is 2.87. The molecule has 1 amide bonds. The van der Waals surface area contributed by atoms with Crippen LogP contribution in [0.4, 0.5) is 5.69 Å². The van der Waals surface area contributed by atoms with Crippen molar-refractivity contribution in [3.05, 3.63) is 50.7 Å². The Morgan fingerprint density at radius 1 is 1.32 bits per heavy atom. The Balaban J connectivity index is 2.18. The number of anilines is 1. The van der Waals surface area contributed by atoms with E-state index in [2.05, 4.69) is 37.2 Å². The molecule has 3 rings (SSSR count). The van der Waals surface area contributed by atoms with Gasteiger partial charge in [-0.1, -0.05) is 15.9 Å². The molecule has 19 heavy (non-hydrogen) atoms. The van der Waals surface area contributed by atoms with Crippen LogP contribution in [-0.4, -0.2) is 10.5 Å². The first-order chi connectivity index (χ1) is 9.06. The number of hydrogen-bond acceptors (Lipinski definition) is 1. The van der Waals surface area contributed by atoms with Crippen molar-refractivity contribution < 1.29 is 4.79 Å². The zero-order valence-corrected chi connectivity index (χ0v) is 13.2. The molecule has 0 spiro atoms. The van der Waals surface area contributed by atoms with Crippen LogP contribution in [0.3, 0.4) is 0 Å². The van der Waals surface area contributed by atoms with E-state index in [0.29, 0.717) is 5.57 Å². The third-order valence-electron chi connectivity index (χ3n) is 3.10. The predicted molar refractivity (Wildman–Crippen MR) is 83.8 cm³/mol. The smallest absolute Gasteiger partial charge is 0.256 e. The summed E-state index contributed by atoms with van der Waals surface area (Å²) in [7, 11) is 1.96. The third kappa shape index (κ3) is 2.17. The van der Waals surface area contributed by atoms with Crippen LogP contribution in [0.25, 0.3) is 11.6 Å². The molecule has 1 aromatic heterocycles. The van der Waals surface area contributed by atoms with Gasteiger partial charge < -0.3 is 9.88 Å². The lowest BCUT2D eigenvalue weighted by atomic mass is 10.1. The lowest BCUT2D eigenvalue weighted by Crippen LogP contribution is -2.04. The van der Waals surface area contributed by atoms with Crippen LogP contribution >= 0.6 is 31.9 Å². The maximum Gasteiger partial charge on any atom is 0.256 e. The highest BCUT2D eigenvalue weighted by Gasteiger charge is 2.26. The van der Waals surface area contributed by atoms with Crippen molar-refractivity contribution in [2.75, 3.05) is 5.32 Å². The van der Waals surface area contributed by atoms with Crippen molar-refractivity contribution in [3.8, 4) is 0 Å². The molecule has 1 aliphatic heterocycles. The van der Waals surface area contributed by atoms with E-state index in [0.717, 1.165) is 25.9 Å². The van der Waals surface area contributed by atoms with E-state index in [4.69, 9.17) is 0 Å². The van der Waals surface area contributed by atoms with E-state index in [-0.39, 0.29) is 5.91 Å². The van der Waals surface area contributed by atoms with Gasteiger partial charge in [-0.3, -0.25) is 4.79 Å². The average molecular weight is 382 g/mol. The summed E-state index contributed by atoms with van der Waals surface area (Å²) in [4.78, 5) is 12.1. The Hall–Kier alpha value is -1.33. The number of aryl methyl sites for hydroxylation is 1. The first-order valence-electron chi connectivity index (χ1n) is 5.70. The number of carbonyl (C=O) groups excluding carboxylic acids is 1. The molecular weight excluding hydrogens is 372 g/mol. The second kappa shape index (κ2) is 4.65. The van der Waals surface area contributed by atoms with Crippen LogP contribution < -0.4 is 5.32 Å². The molecule has 0 saturated carbocycles. The minimum absolute atomic E-state index is 0.0741. The lowest BCUT2D eigenvalue weighted by Gasteiger charge is -2.03. The van der Waals surface area contributed by atoms with Gasteiger partial charge in [-0.15, -0.1) is 0 Å². The SMILES string of the molecule is Cn1cccc1C=C1C(=O)Nc2c(Br)cc(Br)cc21. The predicted octanol–water partition coefficient (Wildman–Crippen LogP) is 4.04. The minimum Gasteiger partial charge on any atom is -0.351 e. The van der Waals surface area contributed by atoms with E-state index < -0.39 is 0 Å². The molecule has 0 unspecified atom stereocenters. The largest absolute Gasteiger partial charge is 0.351 e. The Morgan fingerprint density at radius 3 is 2.79 bits per heavy atom. The molecule has 0 atom stereocenters. The molecule has 1 aliphatic rings. The van der Waals surface area contributed by atoms with Crippen LogP contribution in [0.15, 0.2) is 39.4 Å². The number of rotatable bonds is 1. The maximum absolute atomic E-state index is 12.1. The molecular formula is C14H10Br2N2O. The third-order valence-corrected chi connectivity index (χ3v) is 4.19. The van der Waals surface area contributed by atoms with E-state index in [1.807, 2.05) is 48.2 Å². The number of halogens is 2. The number of hydrogen-bond donors (Lipinski definition) is 1. The molecule has 5 heteroatoms. The van der Waals surface area contributed by atoms with E-state index in [9.17, 15) is 4.79 Å². The number of amides is 1. The van der Waals surface area contributed by atoms with Gasteiger partial charge in [0.25, 0.3) is 5.91 Å². The highest BCUT2D eigenvalue weighted by molar-refractivity contribution is 9.11. The van der Waals surface area contributed by atoms with E-state index in [1.165, 1.54) is 0 Å². The summed E-state index contributed by atoms with van der Waals surface area (Å²) in [5, 5.41) is 2.89. The van der Waals surface area contributed by atoms with Crippen LogP contribution in [-0.2, 0) is 11.8 Å². The molecule has 2 aromatic rings. The van der Waals surface area contributed by atoms with Crippen LogP contribution in [0.1, 0.15) is 11.3 Å². The zero-order valence-electron chi connectivity index (χ0n) is 10.1. The number of benzene rings is 1. The number of nitrogens with one attached hydrogen (secondary N) is 1. The quantitative estimate of drug-likeness (QED) is 0.743. The molecule has 1 aromatic carbocycles. The van der Waals surface area contributed by atoms with Gasteiger partial charge in [-0.25, -0.2) is 0 Å². The highest BCUT2D eigenvalue weighted by atomic mass is 79.9. The zero-order chi connectivity index (χ0) is 13.6. The van der Waals surface area contributed by atoms with Crippen LogP contribution in [0.2, 0.25) is 0 Å². The molecule has 0 fully saturated rings. The van der Waals surface area contributed by atoms with Crippen LogP contribution in [0, 0.1) is 0 Å². The molecule has 0 aliphatic carbocycles. The number of nitrogens with zero attached hydrogens (tertiary/aromatic N) is 1. The van der Waals surface area contributed by atoms with Gasteiger partial charge in [0.05, 0.1) is 11.3 Å². The summed E-state index contributed by atoms with van der Waals surface area (Å²) in [5.74, 6) is -0.0741. The van der Waals surface area contributed by atoms with Gasteiger partial charge >= 0.3 is 0 Å². The number of aromatic nitrogens is 1. The number of carbonyl (C=O) groups is 1. The van der Waals surface area contributed by atoms with Gasteiger partial charge in [-0.2, -0.15) is 0 Å². The monoisotopic (exact) mass is 380 g/mol. The topological polar surface area (TPSA) is 34.0 Å². The van der Waals surface area contributed by atoms with Gasteiger partial charge in [-0.05, 0) is 46.3 Å². The van der Waals surface area contributed by atoms with Crippen molar-refractivity contribution in [2.24, 2.45) is 7.05 Å². The first-order valence-corrected chi connectivity index (χ1v) is 7.28. The molecule has 0 bridgehead atoms. The highest BCUT2D eigenvalue weighted by Crippen LogP contribution is 2.40. The molecule has 2 heterocycles. The molecule has 96 valence electrons. The molecule has 1 N–H and O–H groups in total. The molecule has 3 nitrogen and oxygen atoms in total. The van der Waals surface area contributed by atoms with Crippen molar-refractivity contribution in [1.82, 2.24) is 4.57 Å². The summed E-state index contributed by atoms with van der Waals surface area (Å²) in [6.45, 7) is 0. The standard InChI is InChI=1S/C14H10Br2N2O/c1-18-4-2-3-9(18)7-11-10-5-8(15)6-12(16)13(10)17-14(11)19/h2-7H,1H3,(H,17,19). The summed E-state index contributed by atoms with van der Waals surface area (Å²) in [5.41, 5.74) is 3.41. The Kier molecular flexibility index (Phi) is 3.11. The van der Waals surface area contributed by atoms with Crippen molar-refractivity contribution in [1.29, 1.82) is 0 Å². The lowest BCUT2D eigenvalue weighted by molar-refractivity contribution is -0.110. The Bertz CT molecular complexity index is 716. The van der Waals surface area contributed by atoms with Crippen molar-refractivity contribution in [2.45, 2.75) is 0 Å². The van der Waals surface area contributed by atoms with Crippen molar-refractivity contribution >= 4 is 55.1 Å². The summed E-state index contributed by atoms with van der Waals surface area (Å²) < 4.78 is 3.79. The normalized spacial score (nSPS) is 15.7. The van der Waals surface area contributed by atoms with Crippen molar-refractivity contribution in [3.63, 3.8) is 0 Å². The summed E-state index contributed by atoms with van der Waals surface area (Å²) in [6.07, 6.45) is 3.86. The van der Waals surface area contributed by atoms with Gasteiger partial charge in [0.2, 0.25) is 0 Å². The molecule has 0 radical (unpaired) electrons. The van der Waals surface area contributed by atoms with Gasteiger partial charge in [0, 0.05) is 33.4 Å². The Labute approximate surface area is 127 Å². The second-order valence-electron chi connectivity index (χ2n) is 4.37. The second-order valence-corrected chi connectivity index (χ2v) is 6.14. The fourth-order valence-electron chi connectivity index (χ4n) is 2.13. The summed E-state index contributed by atoms with van der Waals surface area (Å²) >= 11 is 6.92.